The number of rotatable bonds is 1. The van der Waals surface area contributed by atoms with Gasteiger partial charge in [0.05, 0.1) is 0 Å². The highest BCUT2D eigenvalue weighted by molar-refractivity contribution is 5.88. The summed E-state index contributed by atoms with van der Waals surface area (Å²) in [5.74, 6) is 0.0450. The maximum absolute atomic E-state index is 11.9. The van der Waals surface area contributed by atoms with Gasteiger partial charge in [0.1, 0.15) is 11.6 Å². The molecule has 1 spiro atoms. The van der Waals surface area contributed by atoms with E-state index in [-0.39, 0.29) is 23.3 Å². The summed E-state index contributed by atoms with van der Waals surface area (Å²) in [6, 6.07) is -0.307. The summed E-state index contributed by atoms with van der Waals surface area (Å²) in [6.45, 7) is 9.28. The van der Waals surface area contributed by atoms with Gasteiger partial charge in [-0.05, 0) is 27.7 Å². The second-order valence-electron chi connectivity index (χ2n) is 6.09. The molecule has 2 aliphatic heterocycles. The molecular formula is C12H20N2O3. The van der Waals surface area contributed by atoms with Gasteiger partial charge in [0.25, 0.3) is 0 Å². The summed E-state index contributed by atoms with van der Waals surface area (Å²) in [7, 11) is 0. The lowest BCUT2D eigenvalue weighted by atomic mass is 9.66. The van der Waals surface area contributed by atoms with E-state index in [2.05, 4.69) is 5.32 Å². The van der Waals surface area contributed by atoms with Crippen molar-refractivity contribution in [3.63, 3.8) is 0 Å². The Bertz CT molecular complexity index is 355. The van der Waals surface area contributed by atoms with Gasteiger partial charge in [-0.1, -0.05) is 0 Å². The largest absolute Gasteiger partial charge is 0.444 e. The van der Waals surface area contributed by atoms with Gasteiger partial charge >= 0.3 is 6.09 Å². The van der Waals surface area contributed by atoms with Crippen molar-refractivity contribution in [1.29, 1.82) is 0 Å². The summed E-state index contributed by atoms with van der Waals surface area (Å²) in [5, 5.41) is 3.17. The molecular weight excluding hydrogens is 220 g/mol. The first kappa shape index (κ1) is 12.4. The van der Waals surface area contributed by atoms with Crippen molar-refractivity contribution in [2.75, 3.05) is 19.6 Å². The molecule has 0 aromatic rings. The second-order valence-corrected chi connectivity index (χ2v) is 6.09. The Hall–Kier alpha value is -1.10. The van der Waals surface area contributed by atoms with Gasteiger partial charge in [-0.2, -0.15) is 0 Å². The average molecular weight is 240 g/mol. The molecule has 0 bridgehead atoms. The molecule has 5 nitrogen and oxygen atoms in total. The quantitative estimate of drug-likeness (QED) is 0.736. The van der Waals surface area contributed by atoms with Crippen LogP contribution in [0, 0.1) is 5.41 Å². The minimum absolute atomic E-state index is 0.0251. The number of hydrogen-bond donors (Lipinski definition) is 1. The number of ketones is 1. The molecule has 1 unspecified atom stereocenters. The molecule has 0 aliphatic carbocycles. The molecule has 1 atom stereocenters. The third kappa shape index (κ3) is 2.04. The first-order chi connectivity index (χ1) is 7.75. The van der Waals surface area contributed by atoms with Crippen molar-refractivity contribution in [2.24, 2.45) is 5.41 Å². The Kier molecular flexibility index (Phi) is 2.69. The second kappa shape index (κ2) is 3.70. The molecule has 2 fully saturated rings. The van der Waals surface area contributed by atoms with Crippen LogP contribution in [0.1, 0.15) is 27.7 Å². The number of nitrogens with one attached hydrogen (secondary N) is 1. The lowest BCUT2D eigenvalue weighted by Gasteiger charge is -2.60. The van der Waals surface area contributed by atoms with Gasteiger partial charge in [-0.15, -0.1) is 0 Å². The first-order valence-corrected chi connectivity index (χ1v) is 5.96. The van der Waals surface area contributed by atoms with Crippen molar-refractivity contribution in [3.05, 3.63) is 0 Å². The molecule has 1 amide bonds. The van der Waals surface area contributed by atoms with Crippen LogP contribution in [0.5, 0.6) is 0 Å². The van der Waals surface area contributed by atoms with Crippen LogP contribution in [0.25, 0.3) is 0 Å². The van der Waals surface area contributed by atoms with Crippen LogP contribution in [0.2, 0.25) is 0 Å². The fourth-order valence-corrected chi connectivity index (χ4v) is 2.63. The molecule has 5 heteroatoms. The zero-order valence-electron chi connectivity index (χ0n) is 10.9. The van der Waals surface area contributed by atoms with E-state index in [9.17, 15) is 9.59 Å². The topological polar surface area (TPSA) is 58.6 Å². The number of amides is 1. The number of likely N-dealkylation sites (tertiary alicyclic amines) is 1. The van der Waals surface area contributed by atoms with Gasteiger partial charge in [-0.25, -0.2) is 4.79 Å². The van der Waals surface area contributed by atoms with Gasteiger partial charge in [-0.3, -0.25) is 9.69 Å². The van der Waals surface area contributed by atoms with E-state index in [4.69, 9.17) is 4.74 Å². The van der Waals surface area contributed by atoms with Gasteiger partial charge in [0, 0.05) is 25.0 Å². The number of Topliss-reactive ketones (excluding diaryl/α,β-unsaturated/α-hetero) is 1. The van der Waals surface area contributed by atoms with Gasteiger partial charge in [0.2, 0.25) is 0 Å². The van der Waals surface area contributed by atoms with E-state index in [1.807, 2.05) is 20.8 Å². The molecule has 1 N–H and O–H groups in total. The molecule has 2 aliphatic rings. The summed E-state index contributed by atoms with van der Waals surface area (Å²) >= 11 is 0. The molecule has 0 aromatic heterocycles. The van der Waals surface area contributed by atoms with Crippen molar-refractivity contribution < 1.29 is 14.3 Å². The van der Waals surface area contributed by atoms with Crippen LogP contribution in [-0.2, 0) is 9.53 Å². The highest BCUT2D eigenvalue weighted by atomic mass is 16.6. The lowest BCUT2D eigenvalue weighted by Crippen LogP contribution is -2.79. The molecule has 17 heavy (non-hydrogen) atoms. The molecule has 2 saturated heterocycles. The molecule has 0 saturated carbocycles. The van der Waals surface area contributed by atoms with Crippen molar-refractivity contribution >= 4 is 11.9 Å². The van der Waals surface area contributed by atoms with E-state index in [0.29, 0.717) is 6.54 Å². The van der Waals surface area contributed by atoms with E-state index >= 15 is 0 Å². The summed E-state index contributed by atoms with van der Waals surface area (Å²) in [5.41, 5.74) is -0.540. The van der Waals surface area contributed by atoms with E-state index in [1.54, 1.807) is 11.8 Å². The minimum Gasteiger partial charge on any atom is -0.444 e. The SMILES string of the molecule is CC(=O)C1N(C(=O)OC(C)(C)C)CC12CNC2. The summed E-state index contributed by atoms with van der Waals surface area (Å²) in [6.07, 6.45) is -0.379. The van der Waals surface area contributed by atoms with Gasteiger partial charge in [0.15, 0.2) is 5.78 Å². The third-order valence-corrected chi connectivity index (χ3v) is 3.34. The van der Waals surface area contributed by atoms with Crippen LogP contribution < -0.4 is 5.32 Å². The number of hydrogen-bond acceptors (Lipinski definition) is 4. The standard InChI is InChI=1S/C12H20N2O3/c1-8(15)9-12(5-13-6-12)7-14(9)10(16)17-11(2,3)4/h9,13H,5-7H2,1-4H3. The van der Waals surface area contributed by atoms with Crippen LogP contribution >= 0.6 is 0 Å². The van der Waals surface area contributed by atoms with Crippen LogP contribution in [-0.4, -0.2) is 48.1 Å². The molecule has 2 heterocycles. The van der Waals surface area contributed by atoms with Crippen molar-refractivity contribution in [3.8, 4) is 0 Å². The fraction of sp³-hybridized carbons (Fsp3) is 0.833. The Labute approximate surface area is 101 Å². The predicted molar refractivity (Wildman–Crippen MR) is 62.7 cm³/mol. The highest BCUT2D eigenvalue weighted by Gasteiger charge is 2.60. The molecule has 0 aromatic carbocycles. The Balaban J connectivity index is 2.03. The summed E-state index contributed by atoms with van der Waals surface area (Å²) < 4.78 is 5.30. The molecule has 2 rings (SSSR count). The average Bonchev–Trinajstić information content (AvgIpc) is 1.92. The monoisotopic (exact) mass is 240 g/mol. The minimum atomic E-state index is -0.515. The fourth-order valence-electron chi connectivity index (χ4n) is 2.63. The normalized spacial score (nSPS) is 26.1. The van der Waals surface area contributed by atoms with Crippen molar-refractivity contribution in [1.82, 2.24) is 10.2 Å². The Morgan fingerprint density at radius 3 is 2.29 bits per heavy atom. The smallest absolute Gasteiger partial charge is 0.410 e. The molecule has 0 radical (unpaired) electrons. The Morgan fingerprint density at radius 1 is 1.35 bits per heavy atom. The van der Waals surface area contributed by atoms with Crippen LogP contribution in [0.15, 0.2) is 0 Å². The molecule has 96 valence electrons. The third-order valence-electron chi connectivity index (χ3n) is 3.34. The zero-order chi connectivity index (χ0) is 12.8. The first-order valence-electron chi connectivity index (χ1n) is 5.96. The van der Waals surface area contributed by atoms with Crippen molar-refractivity contribution in [2.45, 2.75) is 39.3 Å². The predicted octanol–water partition coefficient (Wildman–Crippen LogP) is 0.784. The van der Waals surface area contributed by atoms with Gasteiger partial charge < -0.3 is 10.1 Å². The Morgan fingerprint density at radius 2 is 1.94 bits per heavy atom. The van der Waals surface area contributed by atoms with E-state index < -0.39 is 5.60 Å². The number of nitrogens with zero attached hydrogens (tertiary/aromatic N) is 1. The highest BCUT2D eigenvalue weighted by Crippen LogP contribution is 2.42. The van der Waals surface area contributed by atoms with Crippen LogP contribution in [0.4, 0.5) is 4.79 Å². The van der Waals surface area contributed by atoms with E-state index in [1.165, 1.54) is 0 Å². The maximum Gasteiger partial charge on any atom is 0.410 e. The number of carbonyl (C=O) groups excluding carboxylic acids is 2. The lowest BCUT2D eigenvalue weighted by molar-refractivity contribution is -0.148. The van der Waals surface area contributed by atoms with E-state index in [0.717, 1.165) is 13.1 Å². The zero-order valence-corrected chi connectivity index (χ0v) is 10.9. The number of carbonyl (C=O) groups is 2. The van der Waals surface area contributed by atoms with Crippen LogP contribution in [0.3, 0.4) is 0 Å². The summed E-state index contributed by atoms with van der Waals surface area (Å²) in [4.78, 5) is 25.1. The maximum atomic E-state index is 11.9. The number of ether oxygens (including phenoxy) is 1.